The Morgan fingerprint density at radius 3 is 2.47 bits per heavy atom. The van der Waals surface area contributed by atoms with Crippen molar-refractivity contribution in [3.05, 3.63) is 41.5 Å². The maximum atomic E-state index is 5.26. The zero-order chi connectivity index (χ0) is 22.5. The molecule has 8 heteroatoms. The molecule has 1 aromatic carbocycles. The van der Waals surface area contributed by atoms with E-state index >= 15 is 0 Å². The van der Waals surface area contributed by atoms with Gasteiger partial charge < -0.3 is 24.8 Å². The SMILES string of the molecule is COc1ccc(CCNC(=NCc2nnc(C)n2C)NC2CC3CCCC(C2)N3C)cc1. The lowest BCUT2D eigenvalue weighted by Crippen LogP contribution is -2.56. The van der Waals surface area contributed by atoms with E-state index in [9.17, 15) is 0 Å². The maximum absolute atomic E-state index is 5.26. The van der Waals surface area contributed by atoms with Crippen LogP contribution >= 0.6 is 0 Å². The van der Waals surface area contributed by atoms with E-state index in [1.165, 1.54) is 37.7 Å². The van der Waals surface area contributed by atoms with Gasteiger partial charge in [-0.2, -0.15) is 0 Å². The molecule has 2 aliphatic rings. The van der Waals surface area contributed by atoms with Crippen molar-refractivity contribution in [1.82, 2.24) is 30.3 Å². The van der Waals surface area contributed by atoms with Crippen LogP contribution in [-0.2, 0) is 20.0 Å². The van der Waals surface area contributed by atoms with Crippen LogP contribution in [0, 0.1) is 6.92 Å². The summed E-state index contributed by atoms with van der Waals surface area (Å²) < 4.78 is 7.26. The third kappa shape index (κ3) is 5.41. The maximum Gasteiger partial charge on any atom is 0.191 e. The van der Waals surface area contributed by atoms with E-state index in [1.54, 1.807) is 7.11 Å². The minimum absolute atomic E-state index is 0.454. The molecule has 0 aliphatic carbocycles. The highest BCUT2D eigenvalue weighted by Gasteiger charge is 2.36. The second kappa shape index (κ2) is 10.3. The molecule has 1 aromatic heterocycles. The van der Waals surface area contributed by atoms with Gasteiger partial charge in [0.15, 0.2) is 11.8 Å². The number of aliphatic imine (C=N–C) groups is 1. The van der Waals surface area contributed by atoms with Gasteiger partial charge in [0.05, 0.1) is 7.11 Å². The Hall–Kier alpha value is -2.61. The first-order valence-electron chi connectivity index (χ1n) is 11.8. The van der Waals surface area contributed by atoms with Gasteiger partial charge in [-0.1, -0.05) is 18.6 Å². The fourth-order valence-corrected chi connectivity index (χ4v) is 4.94. The lowest BCUT2D eigenvalue weighted by atomic mass is 9.82. The number of hydrogen-bond acceptors (Lipinski definition) is 5. The van der Waals surface area contributed by atoms with Gasteiger partial charge in [-0.05, 0) is 63.8 Å². The first-order chi connectivity index (χ1) is 15.5. The molecular formula is C24H37N7O. The van der Waals surface area contributed by atoms with Crippen LogP contribution in [0.5, 0.6) is 5.75 Å². The number of ether oxygens (including phenoxy) is 1. The molecular weight excluding hydrogens is 402 g/mol. The Labute approximate surface area is 191 Å². The fraction of sp³-hybridized carbons (Fsp3) is 0.625. The lowest BCUT2D eigenvalue weighted by Gasteiger charge is -2.47. The zero-order valence-electron chi connectivity index (χ0n) is 19.8. The van der Waals surface area contributed by atoms with E-state index in [4.69, 9.17) is 9.73 Å². The van der Waals surface area contributed by atoms with Crippen LogP contribution < -0.4 is 15.4 Å². The van der Waals surface area contributed by atoms with E-state index in [-0.39, 0.29) is 0 Å². The molecule has 2 aromatic rings. The number of guanidine groups is 1. The second-order valence-electron chi connectivity index (χ2n) is 9.13. The molecule has 0 amide bonds. The summed E-state index contributed by atoms with van der Waals surface area (Å²) >= 11 is 0. The van der Waals surface area contributed by atoms with Gasteiger partial charge in [0.25, 0.3) is 0 Å². The Balaban J connectivity index is 1.40. The van der Waals surface area contributed by atoms with Crippen molar-refractivity contribution in [2.75, 3.05) is 20.7 Å². The van der Waals surface area contributed by atoms with Crippen LogP contribution in [0.15, 0.2) is 29.3 Å². The highest BCUT2D eigenvalue weighted by molar-refractivity contribution is 5.80. The molecule has 0 spiro atoms. The van der Waals surface area contributed by atoms with Crippen LogP contribution in [0.25, 0.3) is 0 Å². The second-order valence-corrected chi connectivity index (χ2v) is 9.13. The molecule has 3 heterocycles. The Kier molecular flexibility index (Phi) is 7.29. The molecule has 2 N–H and O–H groups in total. The topological polar surface area (TPSA) is 79.6 Å². The highest BCUT2D eigenvalue weighted by Crippen LogP contribution is 2.32. The summed E-state index contributed by atoms with van der Waals surface area (Å²) in [4.78, 5) is 7.47. The van der Waals surface area contributed by atoms with Gasteiger partial charge >= 0.3 is 0 Å². The molecule has 0 radical (unpaired) electrons. The number of piperidine rings is 2. The van der Waals surface area contributed by atoms with E-state index in [0.29, 0.717) is 24.7 Å². The van der Waals surface area contributed by atoms with Gasteiger partial charge in [-0.25, -0.2) is 4.99 Å². The summed E-state index contributed by atoms with van der Waals surface area (Å²) in [6.45, 7) is 3.29. The lowest BCUT2D eigenvalue weighted by molar-refractivity contribution is 0.0526. The number of aryl methyl sites for hydroxylation is 1. The van der Waals surface area contributed by atoms with Crippen LogP contribution in [0.2, 0.25) is 0 Å². The van der Waals surface area contributed by atoms with E-state index in [1.807, 2.05) is 30.7 Å². The van der Waals surface area contributed by atoms with Crippen LogP contribution in [-0.4, -0.2) is 64.5 Å². The molecule has 4 rings (SSSR count). The van der Waals surface area contributed by atoms with Crippen molar-refractivity contribution in [3.63, 3.8) is 0 Å². The van der Waals surface area contributed by atoms with Gasteiger partial charge in [0, 0.05) is 31.7 Å². The van der Waals surface area contributed by atoms with Crippen molar-refractivity contribution >= 4 is 5.96 Å². The Bertz CT molecular complexity index is 894. The summed E-state index contributed by atoms with van der Waals surface area (Å²) in [6.07, 6.45) is 7.25. The third-order valence-electron chi connectivity index (χ3n) is 7.11. The molecule has 2 saturated heterocycles. The van der Waals surface area contributed by atoms with Crippen LogP contribution in [0.3, 0.4) is 0 Å². The van der Waals surface area contributed by atoms with Crippen LogP contribution in [0.4, 0.5) is 0 Å². The van der Waals surface area contributed by atoms with Crippen molar-refractivity contribution < 1.29 is 4.74 Å². The summed E-state index contributed by atoms with van der Waals surface area (Å²) in [7, 11) is 5.98. The summed E-state index contributed by atoms with van der Waals surface area (Å²) in [5, 5.41) is 15.7. The molecule has 8 nitrogen and oxygen atoms in total. The van der Waals surface area contributed by atoms with Gasteiger partial charge in [0.2, 0.25) is 0 Å². The average molecular weight is 440 g/mol. The van der Waals surface area contributed by atoms with Crippen molar-refractivity contribution in [2.24, 2.45) is 12.0 Å². The first-order valence-corrected chi connectivity index (χ1v) is 11.8. The smallest absolute Gasteiger partial charge is 0.191 e. The molecule has 0 saturated carbocycles. The molecule has 32 heavy (non-hydrogen) atoms. The molecule has 2 atom stereocenters. The molecule has 2 unspecified atom stereocenters. The fourth-order valence-electron chi connectivity index (χ4n) is 4.94. The van der Waals surface area contributed by atoms with Gasteiger partial charge in [0.1, 0.15) is 18.1 Å². The van der Waals surface area contributed by atoms with Crippen LogP contribution in [0.1, 0.15) is 49.3 Å². The van der Waals surface area contributed by atoms with E-state index in [0.717, 1.165) is 36.3 Å². The number of hydrogen-bond donors (Lipinski definition) is 2. The van der Waals surface area contributed by atoms with Crippen molar-refractivity contribution in [2.45, 2.75) is 70.1 Å². The molecule has 2 fully saturated rings. The normalized spacial score (nSPS) is 23.8. The molecule has 2 aliphatic heterocycles. The van der Waals surface area contributed by atoms with E-state index in [2.05, 4.69) is 44.9 Å². The molecule has 174 valence electrons. The largest absolute Gasteiger partial charge is 0.497 e. The standard InChI is InChI=1S/C24H37N7O/c1-17-28-29-23(30(17)2)16-26-24(25-13-12-18-8-10-22(32-4)11-9-18)27-19-14-20-6-5-7-21(15-19)31(20)3/h8-11,19-21H,5-7,12-16H2,1-4H3,(H2,25,26,27). The number of nitrogens with zero attached hydrogens (tertiary/aromatic N) is 5. The van der Waals surface area contributed by atoms with Gasteiger partial charge in [-0.3, -0.25) is 0 Å². The highest BCUT2D eigenvalue weighted by atomic mass is 16.5. The van der Waals surface area contributed by atoms with Gasteiger partial charge in [-0.15, -0.1) is 10.2 Å². The average Bonchev–Trinajstić information content (AvgIpc) is 3.10. The van der Waals surface area contributed by atoms with Crippen molar-refractivity contribution in [1.29, 1.82) is 0 Å². The summed E-state index contributed by atoms with van der Waals surface area (Å²) in [6, 6.07) is 10.1. The van der Waals surface area contributed by atoms with E-state index < -0.39 is 0 Å². The number of aromatic nitrogens is 3. The quantitative estimate of drug-likeness (QED) is 0.510. The molecule has 2 bridgehead atoms. The Morgan fingerprint density at radius 2 is 1.84 bits per heavy atom. The number of rotatable bonds is 7. The number of fused-ring (bicyclic) bond motifs is 2. The number of benzene rings is 1. The predicted octanol–water partition coefficient (Wildman–Crippen LogP) is 2.43. The zero-order valence-corrected chi connectivity index (χ0v) is 19.8. The van der Waals surface area contributed by atoms with Crippen molar-refractivity contribution in [3.8, 4) is 5.75 Å². The Morgan fingerprint density at radius 1 is 1.12 bits per heavy atom. The summed E-state index contributed by atoms with van der Waals surface area (Å²) in [5.41, 5.74) is 1.27. The number of methoxy groups -OCH3 is 1. The monoisotopic (exact) mass is 439 g/mol. The first kappa shape index (κ1) is 22.6. The number of nitrogens with one attached hydrogen (secondary N) is 2. The third-order valence-corrected chi connectivity index (χ3v) is 7.11. The predicted molar refractivity (Wildman–Crippen MR) is 127 cm³/mol. The summed E-state index contributed by atoms with van der Waals surface area (Å²) in [5.74, 6) is 3.53. The minimum Gasteiger partial charge on any atom is -0.497 e. The minimum atomic E-state index is 0.454.